The third kappa shape index (κ3) is 2.36. The average molecular weight is 208 g/mol. The Hall–Kier alpha value is -0.0800. The first-order valence-electron chi connectivity index (χ1n) is 6.92. The fourth-order valence-electron chi connectivity index (χ4n) is 3.06. The Kier molecular flexibility index (Phi) is 2.98. The van der Waals surface area contributed by atoms with Gasteiger partial charge in [-0.1, -0.05) is 12.8 Å². The van der Waals surface area contributed by atoms with E-state index >= 15 is 0 Å². The van der Waals surface area contributed by atoms with Crippen molar-refractivity contribution in [2.45, 2.75) is 69.5 Å². The first-order chi connectivity index (χ1) is 7.43. The van der Waals surface area contributed by atoms with Crippen LogP contribution in [0.5, 0.6) is 0 Å². The number of hydrogen-bond donors (Lipinski definition) is 1. The van der Waals surface area contributed by atoms with Crippen LogP contribution in [0.2, 0.25) is 0 Å². The lowest BCUT2D eigenvalue weighted by Crippen LogP contribution is -2.50. The molecule has 3 aliphatic rings. The van der Waals surface area contributed by atoms with Gasteiger partial charge < -0.3 is 5.32 Å². The number of piperidine rings is 1. The Bertz CT molecular complexity index is 203. The first kappa shape index (κ1) is 10.1. The van der Waals surface area contributed by atoms with E-state index in [0.29, 0.717) is 0 Å². The van der Waals surface area contributed by atoms with E-state index in [9.17, 15) is 0 Å². The highest BCUT2D eigenvalue weighted by Gasteiger charge is 2.37. The summed E-state index contributed by atoms with van der Waals surface area (Å²) in [7, 11) is 0. The molecule has 2 saturated carbocycles. The van der Waals surface area contributed by atoms with Gasteiger partial charge in [0.05, 0.1) is 0 Å². The monoisotopic (exact) mass is 208 g/mol. The molecule has 0 aromatic heterocycles. The van der Waals surface area contributed by atoms with E-state index in [2.05, 4.69) is 10.2 Å². The van der Waals surface area contributed by atoms with Crippen LogP contribution in [0.25, 0.3) is 0 Å². The predicted molar refractivity (Wildman–Crippen MR) is 63.0 cm³/mol. The van der Waals surface area contributed by atoms with E-state index in [1.54, 1.807) is 0 Å². The quantitative estimate of drug-likeness (QED) is 0.761. The molecule has 0 aromatic carbocycles. The van der Waals surface area contributed by atoms with Gasteiger partial charge in [-0.3, -0.25) is 4.90 Å². The number of nitrogens with one attached hydrogen (secondary N) is 1. The van der Waals surface area contributed by atoms with E-state index in [1.807, 2.05) is 0 Å². The summed E-state index contributed by atoms with van der Waals surface area (Å²) in [4.78, 5) is 2.84. The maximum Gasteiger partial charge on any atom is 0.0195 e. The molecule has 0 amide bonds. The van der Waals surface area contributed by atoms with Crippen molar-refractivity contribution in [1.29, 1.82) is 0 Å². The average Bonchev–Trinajstić information content (AvgIpc) is 2.99. The third-order valence-corrected chi connectivity index (χ3v) is 4.40. The second-order valence-electron chi connectivity index (χ2n) is 5.66. The minimum Gasteiger partial charge on any atom is -0.313 e. The Labute approximate surface area is 93.4 Å². The summed E-state index contributed by atoms with van der Waals surface area (Å²) in [5.74, 6) is 0. The molecule has 1 aliphatic heterocycles. The lowest BCUT2D eigenvalue weighted by Gasteiger charge is -2.40. The van der Waals surface area contributed by atoms with Crippen molar-refractivity contribution in [1.82, 2.24) is 10.2 Å². The van der Waals surface area contributed by atoms with Crippen molar-refractivity contribution >= 4 is 0 Å². The third-order valence-electron chi connectivity index (χ3n) is 4.40. The standard InChI is InChI=1S/C13H24N2/c1-2-9-14-11(4-1)10-15(13-7-8-13)12-5-3-6-12/h11-14H,1-10H2. The van der Waals surface area contributed by atoms with E-state index < -0.39 is 0 Å². The second-order valence-corrected chi connectivity index (χ2v) is 5.66. The minimum atomic E-state index is 0.806. The van der Waals surface area contributed by atoms with E-state index in [4.69, 9.17) is 0 Å². The van der Waals surface area contributed by atoms with Crippen molar-refractivity contribution < 1.29 is 0 Å². The number of rotatable bonds is 4. The Morgan fingerprint density at radius 2 is 1.67 bits per heavy atom. The van der Waals surface area contributed by atoms with Gasteiger partial charge >= 0.3 is 0 Å². The van der Waals surface area contributed by atoms with Crippen LogP contribution in [0.15, 0.2) is 0 Å². The van der Waals surface area contributed by atoms with Crippen LogP contribution in [-0.2, 0) is 0 Å². The maximum atomic E-state index is 3.69. The molecular formula is C13H24N2. The highest BCUT2D eigenvalue weighted by Crippen LogP contribution is 2.35. The molecule has 1 unspecified atom stereocenters. The van der Waals surface area contributed by atoms with E-state index in [-0.39, 0.29) is 0 Å². The molecule has 86 valence electrons. The lowest BCUT2D eigenvalue weighted by molar-refractivity contribution is 0.101. The van der Waals surface area contributed by atoms with Crippen molar-refractivity contribution in [3.8, 4) is 0 Å². The zero-order valence-corrected chi connectivity index (χ0v) is 9.75. The molecule has 1 saturated heterocycles. The van der Waals surface area contributed by atoms with Crippen LogP contribution < -0.4 is 5.32 Å². The van der Waals surface area contributed by atoms with Gasteiger partial charge in [0.25, 0.3) is 0 Å². The number of hydrogen-bond acceptors (Lipinski definition) is 2. The summed E-state index contributed by atoms with van der Waals surface area (Å²) in [6.07, 6.45) is 11.6. The van der Waals surface area contributed by atoms with Gasteiger partial charge in [-0.25, -0.2) is 0 Å². The molecule has 0 bridgehead atoms. The van der Waals surface area contributed by atoms with Crippen molar-refractivity contribution in [2.75, 3.05) is 13.1 Å². The maximum absolute atomic E-state index is 3.69. The first-order valence-corrected chi connectivity index (χ1v) is 6.92. The smallest absolute Gasteiger partial charge is 0.0195 e. The van der Waals surface area contributed by atoms with Crippen LogP contribution in [0.1, 0.15) is 51.4 Å². The fraction of sp³-hybridized carbons (Fsp3) is 1.00. The van der Waals surface area contributed by atoms with Gasteiger partial charge in [-0.05, 0) is 45.1 Å². The Balaban J connectivity index is 1.52. The van der Waals surface area contributed by atoms with Gasteiger partial charge in [-0.15, -0.1) is 0 Å². The van der Waals surface area contributed by atoms with Crippen LogP contribution in [0, 0.1) is 0 Å². The molecule has 15 heavy (non-hydrogen) atoms. The largest absolute Gasteiger partial charge is 0.313 e. The van der Waals surface area contributed by atoms with Gasteiger partial charge in [0, 0.05) is 24.7 Å². The van der Waals surface area contributed by atoms with Crippen LogP contribution >= 0.6 is 0 Å². The zero-order chi connectivity index (χ0) is 10.1. The summed E-state index contributed by atoms with van der Waals surface area (Å²) < 4.78 is 0. The van der Waals surface area contributed by atoms with Crippen LogP contribution in [0.3, 0.4) is 0 Å². The van der Waals surface area contributed by atoms with Gasteiger partial charge in [0.1, 0.15) is 0 Å². The predicted octanol–water partition coefficient (Wildman–Crippen LogP) is 2.15. The summed E-state index contributed by atoms with van der Waals surface area (Å²) >= 11 is 0. The molecule has 3 fully saturated rings. The summed E-state index contributed by atoms with van der Waals surface area (Å²) in [6.45, 7) is 2.60. The zero-order valence-electron chi connectivity index (χ0n) is 9.75. The van der Waals surface area contributed by atoms with Crippen LogP contribution in [0.4, 0.5) is 0 Å². The summed E-state index contributed by atoms with van der Waals surface area (Å²) in [5.41, 5.74) is 0. The van der Waals surface area contributed by atoms with Crippen molar-refractivity contribution in [2.24, 2.45) is 0 Å². The minimum absolute atomic E-state index is 0.806. The van der Waals surface area contributed by atoms with Crippen molar-refractivity contribution in [3.05, 3.63) is 0 Å². The Morgan fingerprint density at radius 3 is 2.20 bits per heavy atom. The van der Waals surface area contributed by atoms with E-state index in [1.165, 1.54) is 64.5 Å². The highest BCUT2D eigenvalue weighted by molar-refractivity contribution is 4.94. The topological polar surface area (TPSA) is 15.3 Å². The molecule has 0 spiro atoms. The number of nitrogens with zero attached hydrogens (tertiary/aromatic N) is 1. The summed E-state index contributed by atoms with van der Waals surface area (Å²) in [6, 6.07) is 2.74. The van der Waals surface area contributed by atoms with E-state index in [0.717, 1.165) is 18.1 Å². The lowest BCUT2D eigenvalue weighted by atomic mass is 9.90. The van der Waals surface area contributed by atoms with Crippen LogP contribution in [-0.4, -0.2) is 36.1 Å². The molecule has 1 heterocycles. The molecule has 3 rings (SSSR count). The SMILES string of the molecule is C1CCC(CN(C2CCC2)C2CC2)NC1. The van der Waals surface area contributed by atoms with Gasteiger partial charge in [-0.2, -0.15) is 0 Å². The highest BCUT2D eigenvalue weighted by atomic mass is 15.2. The normalized spacial score (nSPS) is 33.0. The Morgan fingerprint density at radius 1 is 0.867 bits per heavy atom. The van der Waals surface area contributed by atoms with Gasteiger partial charge in [0.2, 0.25) is 0 Å². The van der Waals surface area contributed by atoms with Gasteiger partial charge in [0.15, 0.2) is 0 Å². The summed E-state index contributed by atoms with van der Waals surface area (Å²) in [5, 5.41) is 3.69. The molecule has 1 N–H and O–H groups in total. The van der Waals surface area contributed by atoms with Crippen molar-refractivity contribution in [3.63, 3.8) is 0 Å². The molecule has 0 aromatic rings. The molecule has 2 aliphatic carbocycles. The second kappa shape index (κ2) is 4.42. The molecule has 1 atom stereocenters. The molecule has 2 nitrogen and oxygen atoms in total. The molecule has 2 heteroatoms. The molecular weight excluding hydrogens is 184 g/mol. The fourth-order valence-corrected chi connectivity index (χ4v) is 3.06. The molecule has 0 radical (unpaired) electrons.